The molecule has 130 valence electrons. The Morgan fingerprint density at radius 1 is 1.24 bits per heavy atom. The lowest BCUT2D eigenvalue weighted by Gasteiger charge is -2.32. The molecular formula is C20H24N4O. The highest BCUT2D eigenvalue weighted by Crippen LogP contribution is 2.22. The standard InChI is InChI=1S/C20H24N4O/c1-2-11-21-20-22-12-8-18(23-20)19(25)24-13-9-17(10-14-24)15-16-6-4-3-5-7-16/h2-8,12,17H,1,9-11,13-15H2,(H,21,22,23). The molecule has 0 spiro atoms. The largest absolute Gasteiger partial charge is 0.351 e. The zero-order valence-corrected chi connectivity index (χ0v) is 14.4. The maximum Gasteiger partial charge on any atom is 0.272 e. The smallest absolute Gasteiger partial charge is 0.272 e. The highest BCUT2D eigenvalue weighted by atomic mass is 16.2. The Morgan fingerprint density at radius 2 is 2.00 bits per heavy atom. The Hall–Kier alpha value is -2.69. The summed E-state index contributed by atoms with van der Waals surface area (Å²) in [7, 11) is 0. The van der Waals surface area contributed by atoms with E-state index in [2.05, 4.69) is 46.1 Å². The number of rotatable bonds is 6. The molecule has 0 saturated carbocycles. The Kier molecular flexibility index (Phi) is 5.77. The molecule has 0 bridgehead atoms. The van der Waals surface area contributed by atoms with Crippen molar-refractivity contribution in [2.45, 2.75) is 19.3 Å². The molecule has 1 N–H and O–H groups in total. The van der Waals surface area contributed by atoms with E-state index in [0.29, 0.717) is 24.1 Å². The van der Waals surface area contributed by atoms with E-state index >= 15 is 0 Å². The number of hydrogen-bond acceptors (Lipinski definition) is 4. The number of hydrogen-bond donors (Lipinski definition) is 1. The summed E-state index contributed by atoms with van der Waals surface area (Å²) in [5, 5.41) is 3.02. The van der Waals surface area contributed by atoms with Crippen LogP contribution < -0.4 is 5.32 Å². The van der Waals surface area contributed by atoms with Gasteiger partial charge >= 0.3 is 0 Å². The fraction of sp³-hybridized carbons (Fsp3) is 0.350. The minimum absolute atomic E-state index is 0.0118. The number of benzene rings is 1. The van der Waals surface area contributed by atoms with Crippen molar-refractivity contribution in [3.63, 3.8) is 0 Å². The summed E-state index contributed by atoms with van der Waals surface area (Å²) in [6.07, 6.45) is 6.51. The van der Waals surface area contributed by atoms with Crippen molar-refractivity contribution in [3.05, 3.63) is 66.5 Å². The van der Waals surface area contributed by atoms with Crippen LogP contribution in [0.15, 0.2) is 55.3 Å². The highest BCUT2D eigenvalue weighted by Gasteiger charge is 2.24. The summed E-state index contributed by atoms with van der Waals surface area (Å²) in [6, 6.07) is 12.2. The zero-order chi connectivity index (χ0) is 17.5. The van der Waals surface area contributed by atoms with Crippen LogP contribution in [-0.4, -0.2) is 40.4 Å². The highest BCUT2D eigenvalue weighted by molar-refractivity contribution is 5.92. The van der Waals surface area contributed by atoms with Gasteiger partial charge in [0.15, 0.2) is 0 Å². The molecule has 1 fully saturated rings. The van der Waals surface area contributed by atoms with E-state index in [1.54, 1.807) is 18.3 Å². The van der Waals surface area contributed by atoms with Crippen LogP contribution in [0.5, 0.6) is 0 Å². The molecule has 0 aliphatic carbocycles. The number of piperidine rings is 1. The lowest BCUT2D eigenvalue weighted by molar-refractivity contribution is 0.0684. The van der Waals surface area contributed by atoms with E-state index in [1.165, 1.54) is 5.56 Å². The first-order valence-corrected chi connectivity index (χ1v) is 8.77. The van der Waals surface area contributed by atoms with E-state index in [-0.39, 0.29) is 5.91 Å². The number of carbonyl (C=O) groups is 1. The second-order valence-electron chi connectivity index (χ2n) is 6.36. The van der Waals surface area contributed by atoms with Crippen LogP contribution in [0.2, 0.25) is 0 Å². The lowest BCUT2D eigenvalue weighted by atomic mass is 9.90. The van der Waals surface area contributed by atoms with Gasteiger partial charge in [-0.25, -0.2) is 9.97 Å². The molecule has 1 aromatic heterocycles. The minimum Gasteiger partial charge on any atom is -0.351 e. The predicted octanol–water partition coefficient (Wildman–Crippen LogP) is 3.17. The van der Waals surface area contributed by atoms with E-state index < -0.39 is 0 Å². The van der Waals surface area contributed by atoms with Gasteiger partial charge in [0.25, 0.3) is 5.91 Å². The molecule has 1 aromatic carbocycles. The quantitative estimate of drug-likeness (QED) is 0.823. The molecule has 3 rings (SSSR count). The van der Waals surface area contributed by atoms with Gasteiger partial charge in [0.2, 0.25) is 5.95 Å². The molecule has 25 heavy (non-hydrogen) atoms. The van der Waals surface area contributed by atoms with Crippen LogP contribution in [0.25, 0.3) is 0 Å². The van der Waals surface area contributed by atoms with Crippen molar-refractivity contribution in [2.75, 3.05) is 25.0 Å². The molecule has 1 saturated heterocycles. The lowest BCUT2D eigenvalue weighted by Crippen LogP contribution is -2.39. The Bertz CT molecular complexity index is 709. The van der Waals surface area contributed by atoms with Gasteiger partial charge in [-0.15, -0.1) is 6.58 Å². The fourth-order valence-corrected chi connectivity index (χ4v) is 3.18. The number of carbonyl (C=O) groups excluding carboxylic acids is 1. The maximum absolute atomic E-state index is 12.7. The molecule has 0 unspecified atom stereocenters. The molecule has 2 aromatic rings. The summed E-state index contributed by atoms with van der Waals surface area (Å²) in [5.74, 6) is 1.09. The number of nitrogens with zero attached hydrogens (tertiary/aromatic N) is 3. The van der Waals surface area contributed by atoms with Crippen molar-refractivity contribution < 1.29 is 4.79 Å². The SMILES string of the molecule is C=CCNc1nccc(C(=O)N2CCC(Cc3ccccc3)CC2)n1. The summed E-state index contributed by atoms with van der Waals surface area (Å²) >= 11 is 0. The minimum atomic E-state index is -0.0118. The maximum atomic E-state index is 12.7. The Balaban J connectivity index is 1.55. The summed E-state index contributed by atoms with van der Waals surface area (Å²) < 4.78 is 0. The second-order valence-corrected chi connectivity index (χ2v) is 6.36. The number of amides is 1. The molecule has 0 atom stereocenters. The Morgan fingerprint density at radius 3 is 2.72 bits per heavy atom. The van der Waals surface area contributed by atoms with Crippen molar-refractivity contribution in [2.24, 2.45) is 5.92 Å². The first-order chi connectivity index (χ1) is 12.3. The predicted molar refractivity (Wildman–Crippen MR) is 99.5 cm³/mol. The van der Waals surface area contributed by atoms with Crippen LogP contribution in [0.4, 0.5) is 5.95 Å². The fourth-order valence-electron chi connectivity index (χ4n) is 3.18. The van der Waals surface area contributed by atoms with Gasteiger partial charge in [-0.2, -0.15) is 0 Å². The zero-order valence-electron chi connectivity index (χ0n) is 14.4. The van der Waals surface area contributed by atoms with Crippen molar-refractivity contribution in [1.29, 1.82) is 0 Å². The van der Waals surface area contributed by atoms with Crippen molar-refractivity contribution in [1.82, 2.24) is 14.9 Å². The first-order valence-electron chi connectivity index (χ1n) is 8.77. The monoisotopic (exact) mass is 336 g/mol. The van der Waals surface area contributed by atoms with E-state index in [1.807, 2.05) is 11.0 Å². The third-order valence-corrected chi connectivity index (χ3v) is 4.55. The van der Waals surface area contributed by atoms with Gasteiger partial charge in [0, 0.05) is 25.8 Å². The van der Waals surface area contributed by atoms with Crippen molar-refractivity contribution >= 4 is 11.9 Å². The normalized spacial score (nSPS) is 15.0. The molecular weight excluding hydrogens is 312 g/mol. The molecule has 1 amide bonds. The molecule has 2 heterocycles. The van der Waals surface area contributed by atoms with E-state index in [0.717, 1.165) is 32.4 Å². The van der Waals surface area contributed by atoms with Crippen LogP contribution in [0, 0.1) is 5.92 Å². The van der Waals surface area contributed by atoms with Gasteiger partial charge in [-0.1, -0.05) is 36.4 Å². The van der Waals surface area contributed by atoms with Gasteiger partial charge in [-0.3, -0.25) is 4.79 Å². The summed E-state index contributed by atoms with van der Waals surface area (Å²) in [5.41, 5.74) is 1.82. The van der Waals surface area contributed by atoms with Gasteiger partial charge in [0.05, 0.1) is 0 Å². The van der Waals surface area contributed by atoms with Gasteiger partial charge in [0.1, 0.15) is 5.69 Å². The third-order valence-electron chi connectivity index (χ3n) is 4.55. The Labute approximate surface area is 148 Å². The first kappa shape index (κ1) is 17.1. The summed E-state index contributed by atoms with van der Waals surface area (Å²) in [6.45, 7) is 5.80. The number of anilines is 1. The molecule has 5 heteroatoms. The molecule has 1 aliphatic rings. The van der Waals surface area contributed by atoms with Crippen LogP contribution >= 0.6 is 0 Å². The number of likely N-dealkylation sites (tertiary alicyclic amines) is 1. The van der Waals surface area contributed by atoms with Gasteiger partial charge in [-0.05, 0) is 36.8 Å². The molecule has 1 aliphatic heterocycles. The second kappa shape index (κ2) is 8.42. The van der Waals surface area contributed by atoms with E-state index in [9.17, 15) is 4.79 Å². The third kappa shape index (κ3) is 4.66. The molecule has 5 nitrogen and oxygen atoms in total. The topological polar surface area (TPSA) is 58.1 Å². The van der Waals surface area contributed by atoms with Crippen molar-refractivity contribution in [3.8, 4) is 0 Å². The average molecular weight is 336 g/mol. The van der Waals surface area contributed by atoms with Crippen LogP contribution in [0.1, 0.15) is 28.9 Å². The van der Waals surface area contributed by atoms with Crippen LogP contribution in [-0.2, 0) is 6.42 Å². The number of nitrogens with one attached hydrogen (secondary N) is 1. The number of aromatic nitrogens is 2. The van der Waals surface area contributed by atoms with Crippen LogP contribution in [0.3, 0.4) is 0 Å². The molecule has 0 radical (unpaired) electrons. The van der Waals surface area contributed by atoms with Gasteiger partial charge < -0.3 is 10.2 Å². The average Bonchev–Trinajstić information content (AvgIpc) is 2.67. The summed E-state index contributed by atoms with van der Waals surface area (Å²) in [4.78, 5) is 23.0. The van der Waals surface area contributed by atoms with E-state index in [4.69, 9.17) is 0 Å².